The Morgan fingerprint density at radius 1 is 1.13 bits per heavy atom. The highest BCUT2D eigenvalue weighted by atomic mass is 16.5. The summed E-state index contributed by atoms with van der Waals surface area (Å²) in [4.78, 5) is 12.9. The van der Waals surface area contributed by atoms with Crippen LogP contribution >= 0.6 is 0 Å². The average molecular weight is 505 g/mol. The molecule has 14 heteroatoms. The summed E-state index contributed by atoms with van der Waals surface area (Å²) in [5, 5.41) is 21.4. The van der Waals surface area contributed by atoms with Crippen LogP contribution in [0.3, 0.4) is 0 Å². The van der Waals surface area contributed by atoms with Gasteiger partial charge in [-0.2, -0.15) is 10.4 Å². The molecule has 2 heterocycles. The number of benzene rings is 1. The lowest BCUT2D eigenvalue weighted by molar-refractivity contribution is -0.117. The summed E-state index contributed by atoms with van der Waals surface area (Å²) in [5.74, 6) is 0.0850. The van der Waals surface area contributed by atoms with Crippen molar-refractivity contribution in [3.8, 4) is 17.3 Å². The molecule has 0 bridgehead atoms. The maximum absolute atomic E-state index is 12.9. The molecule has 0 saturated heterocycles. The molecule has 0 spiro atoms. The van der Waals surface area contributed by atoms with Crippen molar-refractivity contribution in [1.29, 1.82) is 5.26 Å². The van der Waals surface area contributed by atoms with Crippen molar-refractivity contribution >= 4 is 64.7 Å². The highest BCUT2D eigenvalue weighted by Crippen LogP contribution is 2.45. The second kappa shape index (κ2) is 10.5. The van der Waals surface area contributed by atoms with E-state index in [1.165, 1.54) is 0 Å². The molecule has 0 fully saturated rings. The molecule has 3 rings (SSSR count). The summed E-state index contributed by atoms with van der Waals surface area (Å²) >= 11 is 0. The number of hydrogen-bond donors (Lipinski definition) is 2. The maximum Gasteiger partial charge on any atom is 0.234 e. The van der Waals surface area contributed by atoms with Crippen molar-refractivity contribution in [3.63, 3.8) is 0 Å². The van der Waals surface area contributed by atoms with Crippen LogP contribution in [0, 0.1) is 16.7 Å². The number of amides is 1. The molecule has 0 aliphatic carbocycles. The van der Waals surface area contributed by atoms with Crippen LogP contribution in [0.2, 0.25) is 10.2 Å². The molecule has 8 nitrogen and oxygen atoms in total. The molecule has 1 unspecified atom stereocenters. The van der Waals surface area contributed by atoms with Crippen molar-refractivity contribution < 1.29 is 9.32 Å². The molecule has 3 aromatic rings. The van der Waals surface area contributed by atoms with Gasteiger partial charge in [0.2, 0.25) is 11.8 Å². The van der Waals surface area contributed by atoms with Gasteiger partial charge in [-0.05, 0) is 24.3 Å². The van der Waals surface area contributed by atoms with Crippen LogP contribution < -0.4 is 11.1 Å². The van der Waals surface area contributed by atoms with E-state index in [4.69, 9.17) is 15.4 Å². The Hall–Kier alpha value is -3.21. The lowest BCUT2D eigenvalue weighted by Crippen LogP contribution is -2.39. The molecule has 0 aliphatic rings. The largest absolute Gasteiger partial charge is 0.383 e. The van der Waals surface area contributed by atoms with Crippen molar-refractivity contribution in [2.75, 3.05) is 11.1 Å². The van der Waals surface area contributed by atoms with Crippen LogP contribution in [0.5, 0.6) is 0 Å². The van der Waals surface area contributed by atoms with Gasteiger partial charge in [0.1, 0.15) is 23.1 Å². The number of carbonyl (C=O) groups is 1. The van der Waals surface area contributed by atoms with Gasteiger partial charge in [0.15, 0.2) is 0 Å². The topological polar surface area (TPSA) is 123 Å². The van der Waals surface area contributed by atoms with E-state index in [1.807, 2.05) is 35.9 Å². The Bertz CT molecular complexity index is 1330. The second-order valence-electron chi connectivity index (χ2n) is 13.6. The molecule has 38 heavy (non-hydrogen) atoms. The Kier molecular flexibility index (Phi) is 8.12. The number of carbonyl (C=O) groups excluding carboxylic acids is 1. The first-order valence-electron chi connectivity index (χ1n) is 13.1. The summed E-state index contributed by atoms with van der Waals surface area (Å²) in [6.07, 6.45) is 0.751. The van der Waals surface area contributed by atoms with Crippen LogP contribution in [-0.2, 0) is 11.2 Å². The smallest absolute Gasteiger partial charge is 0.234 e. The van der Waals surface area contributed by atoms with E-state index in [0.29, 0.717) is 23.0 Å². The zero-order valence-corrected chi connectivity index (χ0v) is 24.4. The van der Waals surface area contributed by atoms with Crippen molar-refractivity contribution in [2.45, 2.75) is 56.3 Å². The molecule has 0 aliphatic heterocycles. The SMILES string of the molecule is BC(B)(B)C(n1nc(-c2ccc(C(C)C(=O)Nc3cc(CC(C)(C)C)no3)cc2)c(C#N)c1N)C(B)(B)B. The predicted molar refractivity (Wildman–Crippen MR) is 169 cm³/mol. The van der Waals surface area contributed by atoms with Crippen molar-refractivity contribution in [2.24, 2.45) is 5.41 Å². The van der Waals surface area contributed by atoms with Crippen molar-refractivity contribution in [1.82, 2.24) is 14.9 Å². The monoisotopic (exact) mass is 506 g/mol. The van der Waals surface area contributed by atoms with E-state index in [0.717, 1.165) is 23.2 Å². The van der Waals surface area contributed by atoms with Gasteiger partial charge >= 0.3 is 0 Å². The van der Waals surface area contributed by atoms with E-state index in [1.54, 1.807) is 6.07 Å². The fourth-order valence-electron chi connectivity index (χ4n) is 5.30. The predicted octanol–water partition coefficient (Wildman–Crippen LogP) is -1.19. The second-order valence-corrected chi connectivity index (χ2v) is 13.6. The molecule has 1 amide bonds. The first kappa shape index (κ1) is 29.3. The van der Waals surface area contributed by atoms with Gasteiger partial charge in [0.25, 0.3) is 0 Å². The van der Waals surface area contributed by atoms with E-state index >= 15 is 0 Å². The Labute approximate surface area is 231 Å². The molecule has 192 valence electrons. The number of anilines is 2. The van der Waals surface area contributed by atoms with Gasteiger partial charge in [-0.3, -0.25) is 10.1 Å². The van der Waals surface area contributed by atoms with E-state index < -0.39 is 5.92 Å². The van der Waals surface area contributed by atoms with Crippen LogP contribution in [0.25, 0.3) is 11.3 Å². The Balaban J connectivity index is 1.84. The Morgan fingerprint density at radius 2 is 1.71 bits per heavy atom. The van der Waals surface area contributed by atoms with Gasteiger partial charge in [-0.15, -0.1) is 0 Å². The lowest BCUT2D eigenvalue weighted by Gasteiger charge is -2.42. The first-order chi connectivity index (χ1) is 17.4. The number of nitrogens with one attached hydrogen (secondary N) is 1. The van der Waals surface area contributed by atoms with Crippen LogP contribution in [0.4, 0.5) is 11.7 Å². The fraction of sp³-hybridized carbons (Fsp3) is 0.417. The van der Waals surface area contributed by atoms with Crippen LogP contribution in [0.15, 0.2) is 34.9 Å². The summed E-state index contributed by atoms with van der Waals surface area (Å²) in [6.45, 7) is 8.20. The first-order valence-corrected chi connectivity index (χ1v) is 13.1. The average Bonchev–Trinajstić information content (AvgIpc) is 3.33. The molecular formula is C24H36B6N6O2. The summed E-state index contributed by atoms with van der Waals surface area (Å²) in [7, 11) is 12.9. The third-order valence-corrected chi connectivity index (χ3v) is 6.54. The number of nitrogen functional groups attached to an aromatic ring is 1. The molecule has 2 aromatic heterocycles. The maximum atomic E-state index is 12.9. The number of aromatic nitrogens is 3. The zero-order chi connectivity index (χ0) is 28.6. The normalized spacial score (nSPS) is 13.3. The molecular weight excluding hydrogens is 469 g/mol. The summed E-state index contributed by atoms with van der Waals surface area (Å²) < 4.78 is 7.12. The third kappa shape index (κ3) is 6.61. The highest BCUT2D eigenvalue weighted by Gasteiger charge is 2.38. The molecule has 3 N–H and O–H groups in total. The minimum atomic E-state index is -0.426. The van der Waals surface area contributed by atoms with E-state index in [9.17, 15) is 10.1 Å². The number of nitrogens with two attached hydrogens (primary N) is 1. The van der Waals surface area contributed by atoms with E-state index in [2.05, 4.69) is 84.4 Å². The van der Waals surface area contributed by atoms with Crippen LogP contribution in [-0.4, -0.2) is 67.9 Å². The third-order valence-electron chi connectivity index (χ3n) is 6.54. The quantitative estimate of drug-likeness (QED) is 0.372. The molecule has 1 aromatic carbocycles. The van der Waals surface area contributed by atoms with Gasteiger partial charge in [0.05, 0.1) is 58.7 Å². The molecule has 0 saturated carbocycles. The summed E-state index contributed by atoms with van der Waals surface area (Å²) in [6, 6.07) is 11.5. The standard InChI is InChI=1S/C24H36B6N6O2/c1-12(20(37)33-17-9-15(35-38-17)10-22(2,3)4)13-5-7-14(8-6-13)18-16(11-31)19(32)36(34-18)21(23(25,26)27)24(28,29)30/h5-9,12,21H,10,25-30,32H2,1-4H3,(H,33,37). The van der Waals surface area contributed by atoms with Gasteiger partial charge in [-0.1, -0.05) is 60.4 Å². The highest BCUT2D eigenvalue weighted by molar-refractivity contribution is 6.64. The van der Waals surface area contributed by atoms with E-state index in [-0.39, 0.29) is 27.6 Å². The van der Waals surface area contributed by atoms with Crippen molar-refractivity contribution in [3.05, 3.63) is 47.2 Å². The van der Waals surface area contributed by atoms with Gasteiger partial charge in [0, 0.05) is 17.7 Å². The number of nitrogens with zero attached hydrogens (tertiary/aromatic N) is 4. The molecule has 1 atom stereocenters. The minimum Gasteiger partial charge on any atom is -0.383 e. The summed E-state index contributed by atoms with van der Waals surface area (Å²) in [5.41, 5.74) is 9.86. The zero-order valence-electron chi connectivity index (χ0n) is 24.4. The number of rotatable bonds is 8. The minimum absolute atomic E-state index is 0.0288. The molecule has 0 radical (unpaired) electrons. The fourth-order valence-corrected chi connectivity index (χ4v) is 5.30. The Morgan fingerprint density at radius 3 is 2.21 bits per heavy atom. The number of hydrogen-bond acceptors (Lipinski definition) is 6. The lowest BCUT2D eigenvalue weighted by atomic mass is 9.27. The van der Waals surface area contributed by atoms with Gasteiger partial charge < -0.3 is 10.3 Å². The van der Waals surface area contributed by atoms with Gasteiger partial charge in [-0.25, -0.2) is 4.68 Å². The number of nitriles is 1. The van der Waals surface area contributed by atoms with Crippen LogP contribution in [0.1, 0.15) is 56.5 Å².